The summed E-state index contributed by atoms with van der Waals surface area (Å²) in [7, 11) is -3.97. The first-order valence-corrected chi connectivity index (χ1v) is 13.1. The number of amides is 1. The third-order valence-corrected chi connectivity index (χ3v) is 6.75. The molecule has 0 bridgehead atoms. The number of aromatic nitrogens is 1. The number of sulfonamides is 1. The molecule has 1 saturated heterocycles. The number of carbonyl (C=O) groups excluding carboxylic acids is 1. The summed E-state index contributed by atoms with van der Waals surface area (Å²) in [5.41, 5.74) is 0.545. The van der Waals surface area contributed by atoms with Gasteiger partial charge in [0.25, 0.3) is 15.9 Å². The average Bonchev–Trinajstić information content (AvgIpc) is 2.78. The molecule has 34 heavy (non-hydrogen) atoms. The van der Waals surface area contributed by atoms with Gasteiger partial charge in [0.15, 0.2) is 0 Å². The highest BCUT2D eigenvalue weighted by Gasteiger charge is 2.26. The van der Waals surface area contributed by atoms with Gasteiger partial charge in [0, 0.05) is 39.3 Å². The van der Waals surface area contributed by atoms with Crippen LogP contribution in [0.4, 0.5) is 15.9 Å². The molecule has 1 aliphatic rings. The summed E-state index contributed by atoms with van der Waals surface area (Å²) in [6.45, 7) is 12.4. The molecule has 0 atom stereocenters. The van der Waals surface area contributed by atoms with Gasteiger partial charge in [-0.25, -0.2) is 17.8 Å². The van der Waals surface area contributed by atoms with E-state index in [-0.39, 0.29) is 28.3 Å². The number of hydrogen-bond donors (Lipinski definition) is 2. The Morgan fingerprint density at radius 2 is 1.71 bits per heavy atom. The third kappa shape index (κ3) is 6.66. The van der Waals surface area contributed by atoms with Crippen molar-refractivity contribution in [2.24, 2.45) is 11.8 Å². The largest absolute Gasteiger partial charge is 0.353 e. The second kappa shape index (κ2) is 11.1. The first-order valence-electron chi connectivity index (χ1n) is 11.6. The Morgan fingerprint density at radius 3 is 2.26 bits per heavy atom. The molecule has 0 unspecified atom stereocenters. The van der Waals surface area contributed by atoms with Gasteiger partial charge in [0.2, 0.25) is 0 Å². The van der Waals surface area contributed by atoms with E-state index in [1.54, 1.807) is 6.07 Å². The van der Waals surface area contributed by atoms with Crippen LogP contribution in [0.15, 0.2) is 41.4 Å². The van der Waals surface area contributed by atoms with Crippen molar-refractivity contribution in [1.82, 2.24) is 15.2 Å². The van der Waals surface area contributed by atoms with E-state index in [2.05, 4.69) is 42.7 Å². The third-order valence-electron chi connectivity index (χ3n) is 5.35. The van der Waals surface area contributed by atoms with E-state index in [1.165, 1.54) is 18.3 Å². The smallest absolute Gasteiger partial charge is 0.261 e. The first kappa shape index (κ1) is 25.9. The van der Waals surface area contributed by atoms with Crippen LogP contribution in [0.5, 0.6) is 0 Å². The highest BCUT2D eigenvalue weighted by atomic mass is 32.2. The summed E-state index contributed by atoms with van der Waals surface area (Å²) < 4.78 is 41.4. The van der Waals surface area contributed by atoms with Crippen LogP contribution in [-0.2, 0) is 10.0 Å². The molecule has 1 aromatic carbocycles. The number of halogens is 1. The Balaban J connectivity index is 1.99. The number of nitrogens with zero attached hydrogens (tertiary/aromatic N) is 3. The molecular weight excluding hydrogens is 457 g/mol. The van der Waals surface area contributed by atoms with Gasteiger partial charge < -0.3 is 15.1 Å². The zero-order chi connectivity index (χ0) is 24.9. The van der Waals surface area contributed by atoms with E-state index in [1.807, 2.05) is 9.80 Å². The lowest BCUT2D eigenvalue weighted by molar-refractivity contribution is 0.0715. The van der Waals surface area contributed by atoms with Gasteiger partial charge in [-0.05, 0) is 42.2 Å². The maximum Gasteiger partial charge on any atom is 0.261 e. The van der Waals surface area contributed by atoms with E-state index in [0.29, 0.717) is 37.6 Å². The van der Waals surface area contributed by atoms with Crippen molar-refractivity contribution in [3.63, 3.8) is 0 Å². The molecule has 0 spiro atoms. The molecule has 1 aliphatic heterocycles. The maximum absolute atomic E-state index is 13.7. The van der Waals surface area contributed by atoms with Crippen LogP contribution in [0, 0.1) is 17.7 Å². The second-order valence-electron chi connectivity index (χ2n) is 9.39. The Kier molecular flexibility index (Phi) is 8.48. The number of rotatable bonds is 9. The predicted octanol–water partition coefficient (Wildman–Crippen LogP) is 3.19. The summed E-state index contributed by atoms with van der Waals surface area (Å²) in [4.78, 5) is 22.0. The summed E-state index contributed by atoms with van der Waals surface area (Å²) >= 11 is 0. The Bertz CT molecular complexity index is 1070. The summed E-state index contributed by atoms with van der Waals surface area (Å²) in [5, 5.41) is 3.29. The molecule has 2 N–H and O–H groups in total. The second-order valence-corrected chi connectivity index (χ2v) is 11.1. The SMILES string of the molecule is CC(C)CN(CC(C)C)C(=O)c1cc(NS(=O)(=O)c2ccc(F)cc2)cnc1N1CCNCC1. The number of anilines is 2. The van der Waals surface area contributed by atoms with Crippen molar-refractivity contribution in [3.8, 4) is 0 Å². The van der Waals surface area contributed by atoms with Crippen LogP contribution in [0.2, 0.25) is 0 Å². The van der Waals surface area contributed by atoms with E-state index in [9.17, 15) is 17.6 Å². The van der Waals surface area contributed by atoms with E-state index < -0.39 is 15.8 Å². The van der Waals surface area contributed by atoms with Gasteiger partial charge in [0.1, 0.15) is 11.6 Å². The molecule has 1 amide bonds. The maximum atomic E-state index is 13.7. The Labute approximate surface area is 201 Å². The molecule has 8 nitrogen and oxygen atoms in total. The van der Waals surface area contributed by atoms with Crippen LogP contribution in [0.3, 0.4) is 0 Å². The lowest BCUT2D eigenvalue weighted by atomic mass is 10.1. The molecule has 10 heteroatoms. The summed E-state index contributed by atoms with van der Waals surface area (Å²) in [6, 6.07) is 6.12. The number of hydrogen-bond acceptors (Lipinski definition) is 6. The van der Waals surface area contributed by atoms with Crippen molar-refractivity contribution in [3.05, 3.63) is 47.9 Å². The molecule has 1 fully saturated rings. The summed E-state index contributed by atoms with van der Waals surface area (Å²) in [5.74, 6) is 0.404. The average molecular weight is 492 g/mol. The Hall–Kier alpha value is -2.72. The van der Waals surface area contributed by atoms with Crippen LogP contribution in [0.1, 0.15) is 38.1 Å². The zero-order valence-electron chi connectivity index (χ0n) is 20.2. The van der Waals surface area contributed by atoms with E-state index >= 15 is 0 Å². The lowest BCUT2D eigenvalue weighted by Gasteiger charge is -2.32. The van der Waals surface area contributed by atoms with Crippen molar-refractivity contribution in [2.75, 3.05) is 48.9 Å². The topological polar surface area (TPSA) is 94.6 Å². The van der Waals surface area contributed by atoms with Crippen LogP contribution in [-0.4, -0.2) is 63.5 Å². The number of nitrogens with one attached hydrogen (secondary N) is 2. The number of pyridine rings is 1. The number of piperazine rings is 1. The van der Waals surface area contributed by atoms with E-state index in [4.69, 9.17) is 0 Å². The summed E-state index contributed by atoms with van der Waals surface area (Å²) in [6.07, 6.45) is 1.42. The molecule has 186 valence electrons. The monoisotopic (exact) mass is 491 g/mol. The normalized spacial score (nSPS) is 14.5. The van der Waals surface area contributed by atoms with Crippen molar-refractivity contribution >= 4 is 27.4 Å². The van der Waals surface area contributed by atoms with Crippen molar-refractivity contribution in [2.45, 2.75) is 32.6 Å². The fourth-order valence-corrected chi connectivity index (χ4v) is 4.95. The van der Waals surface area contributed by atoms with Crippen LogP contribution < -0.4 is 14.9 Å². The molecule has 1 aromatic heterocycles. The van der Waals surface area contributed by atoms with Gasteiger partial charge in [-0.15, -0.1) is 0 Å². The quantitative estimate of drug-likeness (QED) is 0.560. The van der Waals surface area contributed by atoms with E-state index in [0.717, 1.165) is 25.2 Å². The fraction of sp³-hybridized carbons (Fsp3) is 0.500. The van der Waals surface area contributed by atoms with Gasteiger partial charge in [0.05, 0.1) is 22.3 Å². The van der Waals surface area contributed by atoms with Crippen LogP contribution in [0.25, 0.3) is 0 Å². The molecule has 0 aliphatic carbocycles. The predicted molar refractivity (Wildman–Crippen MR) is 132 cm³/mol. The molecule has 0 saturated carbocycles. The minimum absolute atomic E-state index is 0.0748. The van der Waals surface area contributed by atoms with Gasteiger partial charge in [-0.3, -0.25) is 9.52 Å². The molecule has 3 rings (SSSR count). The first-order chi connectivity index (χ1) is 16.1. The minimum atomic E-state index is -3.97. The number of benzene rings is 1. The molecule has 2 heterocycles. The van der Waals surface area contributed by atoms with Gasteiger partial charge in [-0.1, -0.05) is 27.7 Å². The molecular formula is C24H34FN5O3S. The standard InChI is InChI=1S/C24H34FN5O3S/c1-17(2)15-30(16-18(3)4)24(31)22-13-20(14-27-23(22)29-11-9-26-10-12-29)28-34(32,33)21-7-5-19(25)6-8-21/h5-8,13-14,17-18,26,28H,9-12,15-16H2,1-4H3. The molecule has 2 aromatic rings. The Morgan fingerprint density at radius 1 is 1.12 bits per heavy atom. The zero-order valence-corrected chi connectivity index (χ0v) is 21.0. The molecule has 0 radical (unpaired) electrons. The van der Waals surface area contributed by atoms with Crippen molar-refractivity contribution < 1.29 is 17.6 Å². The highest BCUT2D eigenvalue weighted by Crippen LogP contribution is 2.26. The van der Waals surface area contributed by atoms with Gasteiger partial charge >= 0.3 is 0 Å². The van der Waals surface area contributed by atoms with Crippen LogP contribution >= 0.6 is 0 Å². The van der Waals surface area contributed by atoms with Gasteiger partial charge in [-0.2, -0.15) is 0 Å². The lowest BCUT2D eigenvalue weighted by Crippen LogP contribution is -2.45. The highest BCUT2D eigenvalue weighted by molar-refractivity contribution is 7.92. The van der Waals surface area contributed by atoms with Crippen molar-refractivity contribution in [1.29, 1.82) is 0 Å². The fourth-order valence-electron chi connectivity index (χ4n) is 3.92. The minimum Gasteiger partial charge on any atom is -0.353 e. The number of carbonyl (C=O) groups is 1.